The number of nitrogens with one attached hydrogen (secondary N) is 1. The van der Waals surface area contributed by atoms with Gasteiger partial charge < -0.3 is 10.1 Å². The van der Waals surface area contributed by atoms with Gasteiger partial charge in [0.15, 0.2) is 0 Å². The van der Waals surface area contributed by atoms with Gasteiger partial charge in [-0.05, 0) is 19.1 Å². The lowest BCUT2D eigenvalue weighted by Crippen LogP contribution is -2.39. The number of hydrogen-bond acceptors (Lipinski definition) is 5. The first-order valence-corrected chi connectivity index (χ1v) is 5.57. The number of esters is 1. The zero-order chi connectivity index (χ0) is 14.6. The van der Waals surface area contributed by atoms with Crippen molar-refractivity contribution in [3.05, 3.63) is 38.9 Å². The Bertz CT molecular complexity index is 532. The highest BCUT2D eigenvalue weighted by Gasteiger charge is 2.20. The van der Waals surface area contributed by atoms with Gasteiger partial charge in [0.25, 0.3) is 11.6 Å². The molecule has 7 nitrogen and oxygen atoms in total. The van der Waals surface area contributed by atoms with Crippen LogP contribution in [0.15, 0.2) is 18.2 Å². The largest absolute Gasteiger partial charge is 0.467 e. The van der Waals surface area contributed by atoms with Crippen molar-refractivity contribution in [2.75, 3.05) is 7.11 Å². The first kappa shape index (κ1) is 14.9. The van der Waals surface area contributed by atoms with Crippen LogP contribution in [0.2, 0.25) is 5.02 Å². The van der Waals surface area contributed by atoms with Crippen molar-refractivity contribution in [1.29, 1.82) is 0 Å². The SMILES string of the molecule is COC(=O)[C@@H](C)NC(=O)c1ccc(Cl)c([N+](=O)[O-])c1. The second-order valence-electron chi connectivity index (χ2n) is 3.64. The summed E-state index contributed by atoms with van der Waals surface area (Å²) < 4.78 is 4.45. The van der Waals surface area contributed by atoms with Crippen molar-refractivity contribution >= 4 is 29.2 Å². The predicted octanol–water partition coefficient (Wildman–Crippen LogP) is 1.54. The number of halogens is 1. The highest BCUT2D eigenvalue weighted by molar-refractivity contribution is 6.32. The Morgan fingerprint density at radius 2 is 2.11 bits per heavy atom. The first-order valence-electron chi connectivity index (χ1n) is 5.19. The van der Waals surface area contributed by atoms with E-state index in [4.69, 9.17) is 11.6 Å². The highest BCUT2D eigenvalue weighted by atomic mass is 35.5. The lowest BCUT2D eigenvalue weighted by atomic mass is 10.1. The van der Waals surface area contributed by atoms with Crippen LogP contribution in [0.5, 0.6) is 0 Å². The molecule has 0 fully saturated rings. The molecule has 0 heterocycles. The van der Waals surface area contributed by atoms with Crippen LogP contribution in [-0.2, 0) is 9.53 Å². The first-order chi connectivity index (χ1) is 8.86. The highest BCUT2D eigenvalue weighted by Crippen LogP contribution is 2.24. The molecule has 0 spiro atoms. The molecule has 0 unspecified atom stereocenters. The summed E-state index contributed by atoms with van der Waals surface area (Å²) in [5, 5.41) is 13.0. The predicted molar refractivity (Wildman–Crippen MR) is 67.1 cm³/mol. The van der Waals surface area contributed by atoms with Crippen LogP contribution < -0.4 is 5.32 Å². The number of benzene rings is 1. The van der Waals surface area contributed by atoms with Gasteiger partial charge in [-0.3, -0.25) is 14.9 Å². The third-order valence-electron chi connectivity index (χ3n) is 2.31. The van der Waals surface area contributed by atoms with E-state index < -0.39 is 22.8 Å². The summed E-state index contributed by atoms with van der Waals surface area (Å²) in [6, 6.07) is 2.76. The molecular formula is C11H11ClN2O5. The van der Waals surface area contributed by atoms with Crippen LogP contribution in [-0.4, -0.2) is 30.0 Å². The molecule has 102 valence electrons. The zero-order valence-corrected chi connectivity index (χ0v) is 10.9. The molecule has 0 radical (unpaired) electrons. The summed E-state index contributed by atoms with van der Waals surface area (Å²) in [6.45, 7) is 1.44. The Balaban J connectivity index is 2.92. The van der Waals surface area contributed by atoms with Gasteiger partial charge in [0.05, 0.1) is 12.0 Å². The number of rotatable bonds is 4. The number of amides is 1. The number of carbonyl (C=O) groups is 2. The molecule has 0 saturated carbocycles. The molecule has 19 heavy (non-hydrogen) atoms. The van der Waals surface area contributed by atoms with Gasteiger partial charge in [-0.25, -0.2) is 4.79 Å². The van der Waals surface area contributed by atoms with Crippen LogP contribution >= 0.6 is 11.6 Å². The van der Waals surface area contributed by atoms with Crippen LogP contribution in [0.4, 0.5) is 5.69 Å². The van der Waals surface area contributed by atoms with Crippen LogP contribution in [0.3, 0.4) is 0 Å². The van der Waals surface area contributed by atoms with E-state index in [-0.39, 0.29) is 16.3 Å². The van der Waals surface area contributed by atoms with Crippen molar-refractivity contribution in [2.45, 2.75) is 13.0 Å². The molecule has 0 bridgehead atoms. The van der Waals surface area contributed by atoms with E-state index in [2.05, 4.69) is 10.1 Å². The van der Waals surface area contributed by atoms with Crippen LogP contribution in [0.1, 0.15) is 17.3 Å². The Morgan fingerprint density at radius 1 is 1.47 bits per heavy atom. The van der Waals surface area contributed by atoms with E-state index in [0.29, 0.717) is 0 Å². The van der Waals surface area contributed by atoms with Gasteiger partial charge in [-0.1, -0.05) is 11.6 Å². The molecule has 0 aliphatic heterocycles. The molecule has 1 amide bonds. The summed E-state index contributed by atoms with van der Waals surface area (Å²) in [6.07, 6.45) is 0. The molecule has 0 aliphatic carbocycles. The van der Waals surface area contributed by atoms with Gasteiger partial charge in [-0.15, -0.1) is 0 Å². The summed E-state index contributed by atoms with van der Waals surface area (Å²) in [7, 11) is 1.19. The second kappa shape index (κ2) is 6.14. The Kier molecular flexibility index (Phi) is 4.82. The van der Waals surface area contributed by atoms with E-state index in [1.54, 1.807) is 0 Å². The van der Waals surface area contributed by atoms with Gasteiger partial charge in [0, 0.05) is 11.6 Å². The number of nitro benzene ring substituents is 1. The molecular weight excluding hydrogens is 276 g/mol. The number of hydrogen-bond donors (Lipinski definition) is 1. The number of ether oxygens (including phenoxy) is 1. The zero-order valence-electron chi connectivity index (χ0n) is 10.2. The summed E-state index contributed by atoms with van der Waals surface area (Å²) >= 11 is 5.63. The Hall–Kier alpha value is -2.15. The molecule has 0 aliphatic rings. The molecule has 8 heteroatoms. The minimum absolute atomic E-state index is 0.0341. The average molecular weight is 287 g/mol. The molecule has 1 aromatic rings. The minimum atomic E-state index is -0.854. The summed E-state index contributed by atoms with van der Waals surface area (Å²) in [5.41, 5.74) is -0.341. The third-order valence-corrected chi connectivity index (χ3v) is 2.63. The summed E-state index contributed by atoms with van der Waals surface area (Å²) in [4.78, 5) is 32.9. The topological polar surface area (TPSA) is 98.5 Å². The van der Waals surface area contributed by atoms with E-state index in [1.165, 1.54) is 26.2 Å². The number of nitrogens with zero attached hydrogens (tertiary/aromatic N) is 1. The van der Waals surface area contributed by atoms with Crippen molar-refractivity contribution in [1.82, 2.24) is 5.32 Å². The molecule has 0 aromatic heterocycles. The molecule has 1 rings (SSSR count). The number of carbonyl (C=O) groups excluding carboxylic acids is 2. The van der Waals surface area contributed by atoms with Crippen molar-refractivity contribution in [3.8, 4) is 0 Å². The maximum atomic E-state index is 11.8. The maximum absolute atomic E-state index is 11.8. The molecule has 0 saturated heterocycles. The third kappa shape index (κ3) is 3.65. The Morgan fingerprint density at radius 3 is 2.63 bits per heavy atom. The summed E-state index contributed by atoms with van der Waals surface area (Å²) in [5.74, 6) is -1.24. The van der Waals surface area contributed by atoms with E-state index in [9.17, 15) is 19.7 Å². The van der Waals surface area contributed by atoms with Crippen LogP contribution in [0.25, 0.3) is 0 Å². The van der Waals surface area contributed by atoms with Crippen molar-refractivity contribution in [2.24, 2.45) is 0 Å². The van der Waals surface area contributed by atoms with Crippen molar-refractivity contribution < 1.29 is 19.2 Å². The fourth-order valence-electron chi connectivity index (χ4n) is 1.31. The molecule has 1 N–H and O–H groups in total. The standard InChI is InChI=1S/C11H11ClN2O5/c1-6(11(16)19-2)13-10(15)7-3-4-8(12)9(5-7)14(17)18/h3-6H,1-2H3,(H,13,15)/t6-/m1/s1. The second-order valence-corrected chi connectivity index (χ2v) is 4.05. The Labute approximate surface area is 113 Å². The average Bonchev–Trinajstić information content (AvgIpc) is 2.37. The van der Waals surface area contributed by atoms with Crippen molar-refractivity contribution in [3.63, 3.8) is 0 Å². The molecule has 1 aromatic carbocycles. The fourth-order valence-corrected chi connectivity index (χ4v) is 1.50. The van der Waals surface area contributed by atoms with E-state index in [0.717, 1.165) is 6.07 Å². The number of nitro groups is 1. The quantitative estimate of drug-likeness (QED) is 0.514. The van der Waals surface area contributed by atoms with Gasteiger partial charge >= 0.3 is 5.97 Å². The fraction of sp³-hybridized carbons (Fsp3) is 0.273. The number of methoxy groups -OCH3 is 1. The maximum Gasteiger partial charge on any atom is 0.328 e. The monoisotopic (exact) mass is 286 g/mol. The van der Waals surface area contributed by atoms with E-state index >= 15 is 0 Å². The minimum Gasteiger partial charge on any atom is -0.467 e. The normalized spacial score (nSPS) is 11.5. The van der Waals surface area contributed by atoms with E-state index in [1.807, 2.05) is 0 Å². The van der Waals surface area contributed by atoms with Gasteiger partial charge in [-0.2, -0.15) is 0 Å². The lowest BCUT2D eigenvalue weighted by Gasteiger charge is -2.11. The van der Waals surface area contributed by atoms with Crippen LogP contribution in [0, 0.1) is 10.1 Å². The lowest BCUT2D eigenvalue weighted by molar-refractivity contribution is -0.384. The van der Waals surface area contributed by atoms with Gasteiger partial charge in [0.1, 0.15) is 11.1 Å². The molecule has 1 atom stereocenters. The smallest absolute Gasteiger partial charge is 0.328 e. The van der Waals surface area contributed by atoms with Gasteiger partial charge in [0.2, 0.25) is 0 Å².